The normalized spacial score (nSPS) is 9.74. The fraction of sp³-hybridized carbons (Fsp3) is 0.250. The summed E-state index contributed by atoms with van der Waals surface area (Å²) in [5.41, 5.74) is 7.33. The summed E-state index contributed by atoms with van der Waals surface area (Å²) in [6.45, 7) is 1.39. The summed E-state index contributed by atoms with van der Waals surface area (Å²) >= 11 is 4.89. The van der Waals surface area contributed by atoms with Crippen molar-refractivity contribution in [3.63, 3.8) is 0 Å². The Morgan fingerprint density at radius 3 is 2.42 bits per heavy atom. The predicted octanol–water partition coefficient (Wildman–Crippen LogP) is 0.246. The van der Waals surface area contributed by atoms with E-state index in [4.69, 9.17) is 23.1 Å². The van der Waals surface area contributed by atoms with Gasteiger partial charge in [-0.15, -0.1) is 0 Å². The number of carboxylic acids is 1. The SMILES string of the molecule is Cc1ccc(N(CC(=O)NCC(=O)O)C(N)=S)cc1. The van der Waals surface area contributed by atoms with E-state index in [9.17, 15) is 9.59 Å². The molecule has 1 amide bonds. The van der Waals surface area contributed by atoms with Crippen LogP contribution in [0.1, 0.15) is 5.56 Å². The molecule has 0 bridgehead atoms. The first-order valence-electron chi connectivity index (χ1n) is 5.52. The van der Waals surface area contributed by atoms with Gasteiger partial charge in [0, 0.05) is 5.69 Å². The molecular formula is C12H15N3O3S. The van der Waals surface area contributed by atoms with Crippen LogP contribution in [-0.2, 0) is 9.59 Å². The smallest absolute Gasteiger partial charge is 0.322 e. The van der Waals surface area contributed by atoms with Crippen LogP contribution in [0.25, 0.3) is 0 Å². The molecule has 0 aliphatic rings. The molecule has 7 heteroatoms. The molecule has 4 N–H and O–H groups in total. The third kappa shape index (κ3) is 4.92. The van der Waals surface area contributed by atoms with Gasteiger partial charge < -0.3 is 21.1 Å². The summed E-state index contributed by atoms with van der Waals surface area (Å²) in [5.74, 6) is -1.57. The monoisotopic (exact) mass is 281 g/mol. The summed E-state index contributed by atoms with van der Waals surface area (Å²) in [7, 11) is 0. The first kappa shape index (κ1) is 14.9. The van der Waals surface area contributed by atoms with Crippen molar-refractivity contribution in [3.05, 3.63) is 29.8 Å². The summed E-state index contributed by atoms with van der Waals surface area (Å²) in [5, 5.41) is 10.8. The molecular weight excluding hydrogens is 266 g/mol. The average molecular weight is 281 g/mol. The molecule has 1 aromatic rings. The largest absolute Gasteiger partial charge is 0.480 e. The highest BCUT2D eigenvalue weighted by Crippen LogP contribution is 2.14. The van der Waals surface area contributed by atoms with Crippen molar-refractivity contribution in [1.82, 2.24) is 5.32 Å². The third-order valence-electron chi connectivity index (χ3n) is 2.35. The lowest BCUT2D eigenvalue weighted by Crippen LogP contribution is -2.44. The van der Waals surface area contributed by atoms with E-state index in [0.717, 1.165) is 5.56 Å². The van der Waals surface area contributed by atoms with Crippen LogP contribution in [0.3, 0.4) is 0 Å². The Balaban J connectivity index is 2.73. The van der Waals surface area contributed by atoms with Gasteiger partial charge in [0.1, 0.15) is 13.1 Å². The number of aryl methyl sites for hydroxylation is 1. The molecule has 0 atom stereocenters. The number of benzene rings is 1. The number of hydrogen-bond donors (Lipinski definition) is 3. The van der Waals surface area contributed by atoms with Gasteiger partial charge in [-0.3, -0.25) is 9.59 Å². The molecule has 0 saturated heterocycles. The van der Waals surface area contributed by atoms with Crippen molar-refractivity contribution >= 4 is 34.9 Å². The number of rotatable bonds is 5. The van der Waals surface area contributed by atoms with Crippen LogP contribution in [-0.4, -0.2) is 35.2 Å². The maximum atomic E-state index is 11.6. The van der Waals surface area contributed by atoms with Gasteiger partial charge >= 0.3 is 5.97 Å². The van der Waals surface area contributed by atoms with E-state index in [2.05, 4.69) is 5.32 Å². The molecule has 0 fully saturated rings. The van der Waals surface area contributed by atoms with Crippen molar-refractivity contribution in [3.8, 4) is 0 Å². The van der Waals surface area contributed by atoms with Crippen LogP contribution < -0.4 is 16.0 Å². The first-order chi connectivity index (χ1) is 8.90. The minimum Gasteiger partial charge on any atom is -0.480 e. The van der Waals surface area contributed by atoms with E-state index in [0.29, 0.717) is 5.69 Å². The van der Waals surface area contributed by atoms with E-state index in [1.165, 1.54) is 4.90 Å². The summed E-state index contributed by atoms with van der Waals surface area (Å²) in [6.07, 6.45) is 0. The zero-order valence-corrected chi connectivity index (χ0v) is 11.2. The highest BCUT2D eigenvalue weighted by atomic mass is 32.1. The number of aliphatic carboxylic acids is 1. The molecule has 0 saturated carbocycles. The number of hydrogen-bond acceptors (Lipinski definition) is 3. The van der Waals surface area contributed by atoms with Crippen molar-refractivity contribution in [2.24, 2.45) is 5.73 Å². The number of carbonyl (C=O) groups is 2. The summed E-state index contributed by atoms with van der Waals surface area (Å²) in [6, 6.07) is 7.32. The zero-order chi connectivity index (χ0) is 14.4. The van der Waals surface area contributed by atoms with Crippen LogP contribution in [0, 0.1) is 6.92 Å². The molecule has 0 radical (unpaired) electrons. The maximum absolute atomic E-state index is 11.6. The average Bonchev–Trinajstić information content (AvgIpc) is 2.34. The number of amides is 1. The van der Waals surface area contributed by atoms with Gasteiger partial charge in [-0.25, -0.2) is 0 Å². The van der Waals surface area contributed by atoms with Gasteiger partial charge in [0.2, 0.25) is 5.91 Å². The quantitative estimate of drug-likeness (QED) is 0.669. The fourth-order valence-corrected chi connectivity index (χ4v) is 1.56. The zero-order valence-electron chi connectivity index (χ0n) is 10.4. The molecule has 6 nitrogen and oxygen atoms in total. The lowest BCUT2D eigenvalue weighted by molar-refractivity contribution is -0.137. The number of nitrogens with two attached hydrogens (primary N) is 1. The first-order valence-corrected chi connectivity index (χ1v) is 5.93. The standard InChI is InChI=1S/C12H15N3O3S/c1-8-2-4-9(5-3-8)15(12(13)19)7-10(16)14-6-11(17)18/h2-5H,6-7H2,1H3,(H2,13,19)(H,14,16)(H,17,18). The fourth-order valence-electron chi connectivity index (χ4n) is 1.39. The molecule has 0 heterocycles. The predicted molar refractivity (Wildman–Crippen MR) is 76.0 cm³/mol. The molecule has 0 aliphatic carbocycles. The van der Waals surface area contributed by atoms with Gasteiger partial charge in [-0.05, 0) is 31.3 Å². The second-order valence-electron chi connectivity index (χ2n) is 3.93. The van der Waals surface area contributed by atoms with E-state index in [1.807, 2.05) is 19.1 Å². The lowest BCUT2D eigenvalue weighted by atomic mass is 10.2. The van der Waals surface area contributed by atoms with Gasteiger partial charge in [0.15, 0.2) is 5.11 Å². The highest BCUT2D eigenvalue weighted by molar-refractivity contribution is 7.80. The van der Waals surface area contributed by atoms with Gasteiger partial charge in [-0.1, -0.05) is 17.7 Å². The molecule has 1 aromatic carbocycles. The van der Waals surface area contributed by atoms with Crippen molar-refractivity contribution < 1.29 is 14.7 Å². The molecule has 0 unspecified atom stereocenters. The number of nitrogens with zero attached hydrogens (tertiary/aromatic N) is 1. The topological polar surface area (TPSA) is 95.7 Å². The van der Waals surface area contributed by atoms with Crippen LogP contribution in [0.4, 0.5) is 5.69 Å². The minimum absolute atomic E-state index is 0.0503. The Hall–Kier alpha value is -2.15. The van der Waals surface area contributed by atoms with Gasteiger partial charge in [-0.2, -0.15) is 0 Å². The number of carbonyl (C=O) groups excluding carboxylic acids is 1. The molecule has 19 heavy (non-hydrogen) atoms. The van der Waals surface area contributed by atoms with Gasteiger partial charge in [0.25, 0.3) is 0 Å². The Kier molecular flexibility index (Phi) is 5.25. The van der Waals surface area contributed by atoms with Crippen molar-refractivity contribution in [1.29, 1.82) is 0 Å². The van der Waals surface area contributed by atoms with Crippen molar-refractivity contribution in [2.75, 3.05) is 18.0 Å². The molecule has 1 rings (SSSR count). The van der Waals surface area contributed by atoms with Gasteiger partial charge in [0.05, 0.1) is 0 Å². The summed E-state index contributed by atoms with van der Waals surface area (Å²) < 4.78 is 0. The second-order valence-corrected chi connectivity index (χ2v) is 4.35. The Labute approximate surface area is 116 Å². The molecule has 0 aliphatic heterocycles. The van der Waals surface area contributed by atoms with Crippen molar-refractivity contribution in [2.45, 2.75) is 6.92 Å². The molecule has 0 aromatic heterocycles. The Bertz CT molecular complexity index is 487. The van der Waals surface area contributed by atoms with E-state index in [-0.39, 0.29) is 11.7 Å². The lowest BCUT2D eigenvalue weighted by Gasteiger charge is -2.22. The van der Waals surface area contributed by atoms with Crippen LogP contribution in [0.2, 0.25) is 0 Å². The second kappa shape index (κ2) is 6.69. The maximum Gasteiger partial charge on any atom is 0.322 e. The van der Waals surface area contributed by atoms with E-state index in [1.54, 1.807) is 12.1 Å². The molecule has 102 valence electrons. The van der Waals surface area contributed by atoms with Crippen LogP contribution >= 0.6 is 12.2 Å². The van der Waals surface area contributed by atoms with Crippen LogP contribution in [0.15, 0.2) is 24.3 Å². The highest BCUT2D eigenvalue weighted by Gasteiger charge is 2.14. The number of carboxylic acid groups (broad SMARTS) is 1. The number of thiocarbonyl (C=S) groups is 1. The third-order valence-corrected chi connectivity index (χ3v) is 2.57. The number of nitrogens with one attached hydrogen (secondary N) is 1. The van der Waals surface area contributed by atoms with Crippen LogP contribution in [0.5, 0.6) is 0 Å². The van der Waals surface area contributed by atoms with E-state index < -0.39 is 18.4 Å². The summed E-state index contributed by atoms with van der Waals surface area (Å²) in [4.78, 5) is 23.4. The Morgan fingerprint density at radius 1 is 1.37 bits per heavy atom. The Morgan fingerprint density at radius 2 is 1.95 bits per heavy atom. The molecule has 0 spiro atoms. The minimum atomic E-state index is -1.11. The van der Waals surface area contributed by atoms with E-state index >= 15 is 0 Å². The number of anilines is 1.